The van der Waals surface area contributed by atoms with Crippen LogP contribution in [0.15, 0.2) is 66.0 Å². The van der Waals surface area contributed by atoms with E-state index < -0.39 is 6.04 Å². The van der Waals surface area contributed by atoms with E-state index in [1.807, 2.05) is 17.5 Å². The smallest absolute Gasteiger partial charge is 0.256 e. The third-order valence-corrected chi connectivity index (χ3v) is 6.56. The summed E-state index contributed by atoms with van der Waals surface area (Å²) in [6.07, 6.45) is -0.0343. The van der Waals surface area contributed by atoms with Crippen molar-refractivity contribution in [1.29, 1.82) is 0 Å². The lowest BCUT2D eigenvalue weighted by molar-refractivity contribution is -0.124. The third kappa shape index (κ3) is 4.77. The number of anilines is 2. The first-order valence-corrected chi connectivity index (χ1v) is 11.5. The molecule has 4 rings (SSSR count). The summed E-state index contributed by atoms with van der Waals surface area (Å²) in [5.41, 5.74) is 1.21. The second-order valence-electron chi connectivity index (χ2n) is 7.14. The second kappa shape index (κ2) is 9.68. The van der Waals surface area contributed by atoms with Gasteiger partial charge in [0.05, 0.1) is 25.8 Å². The lowest BCUT2D eigenvalue weighted by Crippen LogP contribution is -2.37. The number of rotatable bonds is 7. The first-order valence-electron chi connectivity index (χ1n) is 9.82. The Labute approximate surface area is 200 Å². The lowest BCUT2D eigenvalue weighted by atomic mass is 10.1. The molecular weight excluding hydrogens is 466 g/mol. The van der Waals surface area contributed by atoms with Crippen LogP contribution in [-0.4, -0.2) is 35.0 Å². The maximum Gasteiger partial charge on any atom is 0.256 e. The number of carbonyl (C=O) groups excluding carboxylic acids is 2. The highest BCUT2D eigenvalue weighted by molar-refractivity contribution is 7.80. The molecule has 1 aromatic heterocycles. The van der Waals surface area contributed by atoms with E-state index in [0.29, 0.717) is 33.8 Å². The molecular formula is C23H20ClN3O3S2. The van der Waals surface area contributed by atoms with Gasteiger partial charge in [-0.15, -0.1) is 11.3 Å². The Morgan fingerprint density at radius 2 is 1.97 bits per heavy atom. The minimum atomic E-state index is -0.721. The monoisotopic (exact) mass is 485 g/mol. The average Bonchev–Trinajstić information content (AvgIpc) is 3.37. The fourth-order valence-corrected chi connectivity index (χ4v) is 4.77. The van der Waals surface area contributed by atoms with Crippen LogP contribution in [0.5, 0.6) is 5.75 Å². The van der Waals surface area contributed by atoms with Crippen molar-refractivity contribution in [1.82, 2.24) is 4.90 Å². The van der Waals surface area contributed by atoms with Crippen molar-refractivity contribution in [3.05, 3.63) is 75.9 Å². The van der Waals surface area contributed by atoms with Crippen molar-refractivity contribution in [2.75, 3.05) is 17.3 Å². The van der Waals surface area contributed by atoms with E-state index in [1.165, 1.54) is 4.90 Å². The van der Waals surface area contributed by atoms with E-state index in [-0.39, 0.29) is 18.2 Å². The number of hydrogen-bond acceptors (Lipinski definition) is 5. The molecule has 0 bridgehead atoms. The fourth-order valence-electron chi connectivity index (χ4n) is 3.50. The van der Waals surface area contributed by atoms with Gasteiger partial charge in [0.15, 0.2) is 5.11 Å². The largest absolute Gasteiger partial charge is 0.497 e. The zero-order valence-corrected chi connectivity index (χ0v) is 19.5. The van der Waals surface area contributed by atoms with Gasteiger partial charge in [0, 0.05) is 15.6 Å². The number of thiophene rings is 1. The molecule has 32 heavy (non-hydrogen) atoms. The van der Waals surface area contributed by atoms with Crippen molar-refractivity contribution < 1.29 is 14.3 Å². The summed E-state index contributed by atoms with van der Waals surface area (Å²) in [5.74, 6) is 0.165. The molecule has 0 aliphatic carbocycles. The van der Waals surface area contributed by atoms with Crippen molar-refractivity contribution >= 4 is 63.5 Å². The number of benzene rings is 2. The summed E-state index contributed by atoms with van der Waals surface area (Å²) >= 11 is 13.4. The quantitative estimate of drug-likeness (QED) is 0.480. The third-order valence-electron chi connectivity index (χ3n) is 5.04. The molecule has 0 spiro atoms. The zero-order chi connectivity index (χ0) is 22.7. The van der Waals surface area contributed by atoms with Crippen LogP contribution in [0.3, 0.4) is 0 Å². The maximum atomic E-state index is 13.4. The number of amides is 2. The van der Waals surface area contributed by atoms with Crippen LogP contribution in [0.25, 0.3) is 0 Å². The van der Waals surface area contributed by atoms with Crippen molar-refractivity contribution in [3.8, 4) is 5.75 Å². The molecule has 3 aromatic rings. The first-order chi connectivity index (χ1) is 15.5. The van der Waals surface area contributed by atoms with E-state index in [2.05, 4.69) is 5.32 Å². The molecule has 6 nitrogen and oxygen atoms in total. The van der Waals surface area contributed by atoms with Crippen LogP contribution >= 0.6 is 35.2 Å². The van der Waals surface area contributed by atoms with Gasteiger partial charge >= 0.3 is 0 Å². The molecule has 1 N–H and O–H groups in total. The Morgan fingerprint density at radius 3 is 2.62 bits per heavy atom. The predicted octanol–water partition coefficient (Wildman–Crippen LogP) is 4.94. The number of thiocarbonyl (C=S) groups is 1. The first kappa shape index (κ1) is 22.3. The van der Waals surface area contributed by atoms with E-state index in [4.69, 9.17) is 28.6 Å². The normalized spacial score (nSPS) is 15.9. The number of nitrogens with one attached hydrogen (secondary N) is 1. The Kier molecular flexibility index (Phi) is 6.74. The Bertz CT molecular complexity index is 1140. The molecule has 2 heterocycles. The zero-order valence-electron chi connectivity index (χ0n) is 17.2. The van der Waals surface area contributed by atoms with Gasteiger partial charge in [0.25, 0.3) is 5.91 Å². The van der Waals surface area contributed by atoms with Crippen LogP contribution in [0.2, 0.25) is 5.02 Å². The van der Waals surface area contributed by atoms with E-state index in [9.17, 15) is 9.59 Å². The van der Waals surface area contributed by atoms with E-state index in [1.54, 1.807) is 71.9 Å². The SMILES string of the molecule is COc1ccc(NC(=O)C[C@@H]2C(=O)N(c3cccc(Cl)c3)C(=S)N2Cc2cccs2)cc1. The molecule has 1 atom stereocenters. The number of nitrogens with zero attached hydrogens (tertiary/aromatic N) is 2. The standard InChI is InChI=1S/C23H20ClN3O3S2/c1-30-18-9-7-16(8-10-18)25-21(28)13-20-22(29)27(17-5-2-4-15(24)12-17)23(31)26(20)14-19-6-3-11-32-19/h2-12,20H,13-14H2,1H3,(H,25,28)/t20-/m1/s1. The minimum absolute atomic E-state index is 0.0343. The van der Waals surface area contributed by atoms with Crippen LogP contribution in [0.4, 0.5) is 11.4 Å². The van der Waals surface area contributed by atoms with Crippen molar-refractivity contribution in [2.24, 2.45) is 0 Å². The number of hydrogen-bond donors (Lipinski definition) is 1. The molecule has 0 unspecified atom stereocenters. The second-order valence-corrected chi connectivity index (χ2v) is 8.97. The molecule has 1 fully saturated rings. The highest BCUT2D eigenvalue weighted by Gasteiger charge is 2.44. The van der Waals surface area contributed by atoms with Gasteiger partial charge in [-0.2, -0.15) is 0 Å². The Morgan fingerprint density at radius 1 is 1.19 bits per heavy atom. The summed E-state index contributed by atoms with van der Waals surface area (Å²) in [4.78, 5) is 30.5. The number of ether oxygens (including phenoxy) is 1. The molecule has 2 aromatic carbocycles. The van der Waals surface area contributed by atoms with Gasteiger partial charge in [-0.25, -0.2) is 0 Å². The van der Waals surface area contributed by atoms with Gasteiger partial charge in [0.2, 0.25) is 5.91 Å². The topological polar surface area (TPSA) is 61.9 Å². The van der Waals surface area contributed by atoms with Gasteiger partial charge in [-0.1, -0.05) is 23.7 Å². The molecule has 164 valence electrons. The Balaban J connectivity index is 1.57. The summed E-state index contributed by atoms with van der Waals surface area (Å²) < 4.78 is 5.14. The number of halogens is 1. The summed E-state index contributed by atoms with van der Waals surface area (Å²) in [6, 6.07) is 17.2. The molecule has 9 heteroatoms. The average molecular weight is 486 g/mol. The van der Waals surface area contributed by atoms with E-state index in [0.717, 1.165) is 4.88 Å². The summed E-state index contributed by atoms with van der Waals surface area (Å²) in [7, 11) is 1.58. The lowest BCUT2D eigenvalue weighted by Gasteiger charge is -2.23. The van der Waals surface area contributed by atoms with Gasteiger partial charge < -0.3 is 15.0 Å². The number of carbonyl (C=O) groups is 2. The molecule has 1 aliphatic rings. The van der Waals surface area contributed by atoms with Gasteiger partial charge in [-0.3, -0.25) is 14.5 Å². The molecule has 1 aliphatic heterocycles. The highest BCUT2D eigenvalue weighted by Crippen LogP contribution is 2.31. The van der Waals surface area contributed by atoms with Crippen LogP contribution in [0.1, 0.15) is 11.3 Å². The van der Waals surface area contributed by atoms with Crippen molar-refractivity contribution in [3.63, 3.8) is 0 Å². The highest BCUT2D eigenvalue weighted by atomic mass is 35.5. The predicted molar refractivity (Wildman–Crippen MR) is 131 cm³/mol. The van der Waals surface area contributed by atoms with Crippen LogP contribution in [-0.2, 0) is 16.1 Å². The molecule has 0 radical (unpaired) electrons. The Hall–Kier alpha value is -2.94. The van der Waals surface area contributed by atoms with Gasteiger partial charge in [0.1, 0.15) is 11.8 Å². The molecule has 2 amide bonds. The van der Waals surface area contributed by atoms with E-state index >= 15 is 0 Å². The number of methoxy groups -OCH3 is 1. The fraction of sp³-hybridized carbons (Fsp3) is 0.174. The molecule has 0 saturated carbocycles. The summed E-state index contributed by atoms with van der Waals surface area (Å²) in [5, 5.41) is 5.67. The summed E-state index contributed by atoms with van der Waals surface area (Å²) in [6.45, 7) is 0.444. The van der Waals surface area contributed by atoms with Crippen molar-refractivity contribution in [2.45, 2.75) is 19.0 Å². The minimum Gasteiger partial charge on any atom is -0.497 e. The van der Waals surface area contributed by atoms with Gasteiger partial charge in [-0.05, 0) is 66.1 Å². The maximum absolute atomic E-state index is 13.4. The molecule has 1 saturated heterocycles. The van der Waals surface area contributed by atoms with Crippen LogP contribution < -0.4 is 15.0 Å². The van der Waals surface area contributed by atoms with Crippen LogP contribution in [0, 0.1) is 0 Å².